The van der Waals surface area contributed by atoms with Crippen LogP contribution in [0.4, 0.5) is 0 Å². The third-order valence-corrected chi connectivity index (χ3v) is 2.57. The van der Waals surface area contributed by atoms with E-state index in [1.807, 2.05) is 11.7 Å². The van der Waals surface area contributed by atoms with E-state index < -0.39 is 0 Å². The molecular formula is C8H13ClN2S. The van der Waals surface area contributed by atoms with Gasteiger partial charge in [0.25, 0.3) is 0 Å². The van der Waals surface area contributed by atoms with Gasteiger partial charge in [-0.05, 0) is 19.4 Å². The van der Waals surface area contributed by atoms with Gasteiger partial charge in [-0.3, -0.25) is 4.98 Å². The summed E-state index contributed by atoms with van der Waals surface area (Å²) in [5.41, 5.74) is 1.86. The van der Waals surface area contributed by atoms with Crippen molar-refractivity contribution >= 4 is 22.9 Å². The summed E-state index contributed by atoms with van der Waals surface area (Å²) < 4.78 is 0. The van der Waals surface area contributed by atoms with Gasteiger partial charge < -0.3 is 5.32 Å². The first-order chi connectivity index (χ1) is 5.93. The molecule has 4 heteroatoms. The van der Waals surface area contributed by atoms with Crippen molar-refractivity contribution in [1.82, 2.24) is 10.3 Å². The smallest absolute Gasteiger partial charge is 0.0794 e. The van der Waals surface area contributed by atoms with E-state index in [2.05, 4.69) is 10.3 Å². The fourth-order valence-corrected chi connectivity index (χ4v) is 1.64. The zero-order valence-corrected chi connectivity index (χ0v) is 8.50. The Morgan fingerprint density at radius 3 is 3.08 bits per heavy atom. The van der Waals surface area contributed by atoms with Crippen LogP contribution in [0.15, 0.2) is 11.7 Å². The van der Waals surface area contributed by atoms with E-state index in [9.17, 15) is 0 Å². The van der Waals surface area contributed by atoms with Gasteiger partial charge in [0.05, 0.1) is 5.51 Å². The van der Waals surface area contributed by atoms with Gasteiger partial charge in [0.1, 0.15) is 0 Å². The highest BCUT2D eigenvalue weighted by Crippen LogP contribution is 2.03. The molecule has 0 unspecified atom stereocenters. The zero-order valence-electron chi connectivity index (χ0n) is 6.92. The highest BCUT2D eigenvalue weighted by molar-refractivity contribution is 7.09. The largest absolute Gasteiger partial charge is 0.312 e. The van der Waals surface area contributed by atoms with E-state index in [1.54, 1.807) is 11.3 Å². The number of alkyl halides is 1. The lowest BCUT2D eigenvalue weighted by Crippen LogP contribution is -2.13. The first-order valence-corrected chi connectivity index (χ1v) is 5.49. The van der Waals surface area contributed by atoms with Gasteiger partial charge in [0.15, 0.2) is 0 Å². The van der Waals surface area contributed by atoms with Gasteiger partial charge >= 0.3 is 0 Å². The number of thiazole rings is 1. The Kier molecular flexibility index (Phi) is 5.32. The molecule has 1 N–H and O–H groups in total. The molecule has 0 aromatic carbocycles. The van der Waals surface area contributed by atoms with Gasteiger partial charge in [-0.1, -0.05) is 0 Å². The summed E-state index contributed by atoms with van der Waals surface area (Å²) in [5, 5.41) is 3.33. The number of nitrogens with zero attached hydrogens (tertiary/aromatic N) is 1. The molecule has 0 aliphatic heterocycles. The zero-order chi connectivity index (χ0) is 8.65. The van der Waals surface area contributed by atoms with Crippen LogP contribution in [-0.4, -0.2) is 17.4 Å². The van der Waals surface area contributed by atoms with Crippen molar-refractivity contribution in [3.05, 3.63) is 16.6 Å². The van der Waals surface area contributed by atoms with E-state index >= 15 is 0 Å². The fraction of sp³-hybridized carbons (Fsp3) is 0.625. The van der Waals surface area contributed by atoms with Crippen LogP contribution in [0.2, 0.25) is 0 Å². The maximum Gasteiger partial charge on any atom is 0.0794 e. The molecule has 0 saturated carbocycles. The molecule has 0 bridgehead atoms. The van der Waals surface area contributed by atoms with Crippen LogP contribution in [0, 0.1) is 0 Å². The average Bonchev–Trinajstić information content (AvgIpc) is 2.57. The number of hydrogen-bond donors (Lipinski definition) is 1. The van der Waals surface area contributed by atoms with E-state index in [4.69, 9.17) is 11.6 Å². The molecule has 12 heavy (non-hydrogen) atoms. The topological polar surface area (TPSA) is 24.9 Å². The van der Waals surface area contributed by atoms with Crippen LogP contribution in [0.25, 0.3) is 0 Å². The number of aromatic nitrogens is 1. The quantitative estimate of drug-likeness (QED) is 0.568. The van der Waals surface area contributed by atoms with E-state index in [0.717, 1.165) is 31.8 Å². The van der Waals surface area contributed by atoms with E-state index in [1.165, 1.54) is 4.88 Å². The minimum atomic E-state index is 0.766. The van der Waals surface area contributed by atoms with Crippen LogP contribution in [0.5, 0.6) is 0 Å². The Morgan fingerprint density at radius 1 is 1.50 bits per heavy atom. The highest BCUT2D eigenvalue weighted by Gasteiger charge is 1.92. The number of halogens is 1. The summed E-state index contributed by atoms with van der Waals surface area (Å²) in [6.45, 7) is 1.98. The van der Waals surface area contributed by atoms with Gasteiger partial charge in [0.2, 0.25) is 0 Å². The Labute approximate surface area is 82.0 Å². The third kappa shape index (κ3) is 4.04. The summed E-state index contributed by atoms with van der Waals surface area (Å²) in [7, 11) is 0. The van der Waals surface area contributed by atoms with Crippen LogP contribution in [-0.2, 0) is 6.54 Å². The van der Waals surface area contributed by atoms with Gasteiger partial charge in [-0.25, -0.2) is 0 Å². The van der Waals surface area contributed by atoms with Crippen molar-refractivity contribution in [2.24, 2.45) is 0 Å². The molecule has 1 aromatic heterocycles. The Balaban J connectivity index is 1.96. The first kappa shape index (κ1) is 9.96. The number of nitrogens with one attached hydrogen (secondary N) is 1. The molecule has 0 radical (unpaired) electrons. The molecule has 1 heterocycles. The minimum absolute atomic E-state index is 0.766. The molecule has 2 nitrogen and oxygen atoms in total. The van der Waals surface area contributed by atoms with Crippen LogP contribution < -0.4 is 5.32 Å². The Hall–Kier alpha value is -0.120. The summed E-state index contributed by atoms with van der Waals surface area (Å²) in [4.78, 5) is 5.29. The van der Waals surface area contributed by atoms with E-state index in [-0.39, 0.29) is 0 Å². The van der Waals surface area contributed by atoms with Crippen LogP contribution in [0.3, 0.4) is 0 Å². The minimum Gasteiger partial charge on any atom is -0.312 e. The van der Waals surface area contributed by atoms with Gasteiger partial charge in [-0.2, -0.15) is 0 Å². The monoisotopic (exact) mass is 204 g/mol. The fourth-order valence-electron chi connectivity index (χ4n) is 0.886. The maximum absolute atomic E-state index is 5.54. The van der Waals surface area contributed by atoms with Gasteiger partial charge in [-0.15, -0.1) is 22.9 Å². The van der Waals surface area contributed by atoms with Crippen molar-refractivity contribution in [1.29, 1.82) is 0 Å². The van der Waals surface area contributed by atoms with Crippen molar-refractivity contribution in [2.75, 3.05) is 12.4 Å². The lowest BCUT2D eigenvalue weighted by Gasteiger charge is -2.00. The lowest BCUT2D eigenvalue weighted by atomic mass is 10.3. The molecule has 0 fully saturated rings. The standard InChI is InChI=1S/C8H13ClN2S/c9-3-1-2-4-10-5-8-6-11-7-12-8/h6-7,10H,1-5H2. The highest BCUT2D eigenvalue weighted by atomic mass is 35.5. The number of hydrogen-bond acceptors (Lipinski definition) is 3. The second-order valence-corrected chi connectivity index (χ2v) is 3.89. The predicted molar refractivity (Wildman–Crippen MR) is 53.8 cm³/mol. The molecule has 0 atom stereocenters. The Bertz CT molecular complexity index is 189. The molecule has 0 aliphatic carbocycles. The molecule has 0 saturated heterocycles. The molecule has 0 amide bonds. The van der Waals surface area contributed by atoms with Crippen molar-refractivity contribution in [3.8, 4) is 0 Å². The van der Waals surface area contributed by atoms with E-state index in [0.29, 0.717) is 0 Å². The first-order valence-electron chi connectivity index (χ1n) is 4.07. The molecular weight excluding hydrogens is 192 g/mol. The second-order valence-electron chi connectivity index (χ2n) is 2.54. The summed E-state index contributed by atoms with van der Waals surface area (Å²) in [6.07, 6.45) is 4.15. The summed E-state index contributed by atoms with van der Waals surface area (Å²) in [5.74, 6) is 0.766. The molecule has 1 rings (SSSR count). The SMILES string of the molecule is ClCCCCNCc1cncs1. The summed E-state index contributed by atoms with van der Waals surface area (Å²) in [6, 6.07) is 0. The summed E-state index contributed by atoms with van der Waals surface area (Å²) >= 11 is 7.23. The van der Waals surface area contributed by atoms with Crippen molar-refractivity contribution < 1.29 is 0 Å². The van der Waals surface area contributed by atoms with Crippen LogP contribution in [0.1, 0.15) is 17.7 Å². The van der Waals surface area contributed by atoms with Gasteiger partial charge in [0, 0.05) is 23.5 Å². The van der Waals surface area contributed by atoms with Crippen LogP contribution >= 0.6 is 22.9 Å². The number of rotatable bonds is 6. The van der Waals surface area contributed by atoms with Crippen molar-refractivity contribution in [2.45, 2.75) is 19.4 Å². The molecule has 1 aromatic rings. The molecule has 0 aliphatic rings. The molecule has 0 spiro atoms. The predicted octanol–water partition coefficient (Wildman–Crippen LogP) is 2.25. The molecule has 68 valence electrons. The Morgan fingerprint density at radius 2 is 2.42 bits per heavy atom. The van der Waals surface area contributed by atoms with Crippen molar-refractivity contribution in [3.63, 3.8) is 0 Å². The number of unbranched alkanes of at least 4 members (excludes halogenated alkanes) is 1. The third-order valence-electron chi connectivity index (χ3n) is 1.52. The average molecular weight is 205 g/mol. The second kappa shape index (κ2) is 6.40. The normalized spacial score (nSPS) is 10.4. The maximum atomic E-state index is 5.54. The lowest BCUT2D eigenvalue weighted by molar-refractivity contribution is 0.647.